The number of nitrogens with two attached hydrogens (primary N) is 1. The van der Waals surface area contributed by atoms with Gasteiger partial charge in [-0.3, -0.25) is 4.90 Å². The van der Waals surface area contributed by atoms with Crippen molar-refractivity contribution in [3.63, 3.8) is 0 Å². The van der Waals surface area contributed by atoms with E-state index in [0.717, 1.165) is 31.8 Å². The van der Waals surface area contributed by atoms with Crippen molar-refractivity contribution in [3.05, 3.63) is 16.3 Å². The minimum absolute atomic E-state index is 0. The van der Waals surface area contributed by atoms with Gasteiger partial charge in [-0.15, -0.1) is 23.7 Å². The van der Waals surface area contributed by atoms with Gasteiger partial charge in [-0.25, -0.2) is 0 Å². The van der Waals surface area contributed by atoms with Crippen LogP contribution in [0.5, 0.6) is 5.75 Å². The van der Waals surface area contributed by atoms with Crippen molar-refractivity contribution < 1.29 is 4.74 Å². The molecule has 0 spiro atoms. The highest BCUT2D eigenvalue weighted by Gasteiger charge is 2.18. The molecule has 1 fully saturated rings. The second-order valence-electron chi connectivity index (χ2n) is 4.05. The molecule has 1 atom stereocenters. The van der Waals surface area contributed by atoms with E-state index >= 15 is 0 Å². The van der Waals surface area contributed by atoms with Crippen LogP contribution < -0.4 is 10.5 Å². The van der Waals surface area contributed by atoms with Crippen molar-refractivity contribution in [2.75, 3.05) is 20.2 Å². The van der Waals surface area contributed by atoms with Crippen molar-refractivity contribution in [2.24, 2.45) is 5.73 Å². The summed E-state index contributed by atoms with van der Waals surface area (Å²) in [5.74, 6) is 1.01. The highest BCUT2D eigenvalue weighted by atomic mass is 35.5. The molecular weight excluding hydrogens is 244 g/mol. The Morgan fingerprint density at radius 1 is 1.62 bits per heavy atom. The van der Waals surface area contributed by atoms with Crippen molar-refractivity contribution in [1.29, 1.82) is 0 Å². The Kier molecular flexibility index (Phi) is 5.55. The van der Waals surface area contributed by atoms with Crippen molar-refractivity contribution >= 4 is 23.7 Å². The molecule has 5 heteroatoms. The van der Waals surface area contributed by atoms with Crippen LogP contribution >= 0.6 is 23.7 Å². The summed E-state index contributed by atoms with van der Waals surface area (Å²) in [5.41, 5.74) is 5.96. The Labute approximate surface area is 107 Å². The average Bonchev–Trinajstić information content (AvgIpc) is 2.65. The second-order valence-corrected chi connectivity index (χ2v) is 5.05. The topological polar surface area (TPSA) is 38.5 Å². The Bertz CT molecular complexity index is 319. The summed E-state index contributed by atoms with van der Waals surface area (Å²) in [6.07, 6.45) is 2.38. The van der Waals surface area contributed by atoms with E-state index in [9.17, 15) is 0 Å². The number of hydrogen-bond donors (Lipinski definition) is 1. The van der Waals surface area contributed by atoms with E-state index in [0.29, 0.717) is 6.04 Å². The number of nitrogens with zero attached hydrogens (tertiary/aromatic N) is 1. The molecule has 1 saturated heterocycles. The number of hydrogen-bond acceptors (Lipinski definition) is 4. The first-order valence-electron chi connectivity index (χ1n) is 5.38. The summed E-state index contributed by atoms with van der Waals surface area (Å²) < 4.78 is 5.31. The monoisotopic (exact) mass is 262 g/mol. The number of halogens is 1. The van der Waals surface area contributed by atoms with Gasteiger partial charge in [0.2, 0.25) is 0 Å². The van der Waals surface area contributed by atoms with E-state index in [1.807, 2.05) is 6.07 Å². The number of likely N-dealkylation sites (tertiary alicyclic amines) is 1. The van der Waals surface area contributed by atoms with Crippen LogP contribution in [0, 0.1) is 0 Å². The highest BCUT2D eigenvalue weighted by molar-refractivity contribution is 7.10. The lowest BCUT2D eigenvalue weighted by Crippen LogP contribution is -2.42. The molecule has 1 aliphatic heterocycles. The minimum Gasteiger partial charge on any atom is -0.496 e. The summed E-state index contributed by atoms with van der Waals surface area (Å²) in [6, 6.07) is 2.38. The zero-order chi connectivity index (χ0) is 10.7. The molecule has 3 nitrogen and oxygen atoms in total. The third-order valence-corrected chi connectivity index (χ3v) is 3.72. The normalized spacial score (nSPS) is 21.5. The third-order valence-electron chi connectivity index (χ3n) is 2.83. The van der Waals surface area contributed by atoms with E-state index in [-0.39, 0.29) is 12.4 Å². The van der Waals surface area contributed by atoms with Gasteiger partial charge in [0.1, 0.15) is 5.75 Å². The van der Waals surface area contributed by atoms with Gasteiger partial charge in [0.15, 0.2) is 0 Å². The van der Waals surface area contributed by atoms with E-state index in [1.54, 1.807) is 18.4 Å². The Morgan fingerprint density at radius 3 is 3.12 bits per heavy atom. The van der Waals surface area contributed by atoms with Gasteiger partial charge in [0.05, 0.1) is 12.0 Å². The summed E-state index contributed by atoms with van der Waals surface area (Å²) >= 11 is 1.76. The predicted molar refractivity (Wildman–Crippen MR) is 70.6 cm³/mol. The van der Waals surface area contributed by atoms with Crippen LogP contribution in [0.1, 0.15) is 17.7 Å². The first-order chi connectivity index (χ1) is 7.29. The summed E-state index contributed by atoms with van der Waals surface area (Å²) in [6.45, 7) is 3.16. The smallest absolute Gasteiger partial charge is 0.134 e. The minimum atomic E-state index is 0. The van der Waals surface area contributed by atoms with Crippen LogP contribution in [-0.2, 0) is 6.54 Å². The van der Waals surface area contributed by atoms with E-state index < -0.39 is 0 Å². The molecule has 2 N–H and O–H groups in total. The lowest BCUT2D eigenvalue weighted by Gasteiger charge is -2.30. The molecule has 0 radical (unpaired) electrons. The van der Waals surface area contributed by atoms with Gasteiger partial charge >= 0.3 is 0 Å². The molecule has 0 unspecified atom stereocenters. The molecule has 2 rings (SSSR count). The summed E-state index contributed by atoms with van der Waals surface area (Å²) in [5, 5.41) is 2.08. The quantitative estimate of drug-likeness (QED) is 0.907. The number of thiophene rings is 1. The molecule has 1 aromatic heterocycles. The maximum absolute atomic E-state index is 5.96. The van der Waals surface area contributed by atoms with Gasteiger partial charge in [0.25, 0.3) is 0 Å². The van der Waals surface area contributed by atoms with Gasteiger partial charge in [-0.05, 0) is 30.8 Å². The zero-order valence-corrected chi connectivity index (χ0v) is 11.1. The molecule has 0 bridgehead atoms. The number of piperidine rings is 1. The number of rotatable bonds is 3. The van der Waals surface area contributed by atoms with Gasteiger partial charge in [0, 0.05) is 19.1 Å². The molecular formula is C11H19ClN2OS. The van der Waals surface area contributed by atoms with Crippen molar-refractivity contribution in [3.8, 4) is 5.75 Å². The third kappa shape index (κ3) is 3.35. The number of methoxy groups -OCH3 is 1. The molecule has 0 aromatic carbocycles. The second kappa shape index (κ2) is 6.45. The van der Waals surface area contributed by atoms with Crippen LogP contribution in [-0.4, -0.2) is 31.1 Å². The summed E-state index contributed by atoms with van der Waals surface area (Å²) in [4.78, 5) is 3.73. The molecule has 16 heavy (non-hydrogen) atoms. The van der Waals surface area contributed by atoms with E-state index in [4.69, 9.17) is 10.5 Å². The zero-order valence-electron chi connectivity index (χ0n) is 9.52. The van der Waals surface area contributed by atoms with Gasteiger partial charge in [-0.2, -0.15) is 0 Å². The van der Waals surface area contributed by atoms with Crippen LogP contribution in [0.15, 0.2) is 11.4 Å². The fourth-order valence-corrected chi connectivity index (χ4v) is 2.94. The molecule has 1 aliphatic rings. The Hall–Kier alpha value is -0.290. The van der Waals surface area contributed by atoms with E-state index in [2.05, 4.69) is 10.3 Å². The lowest BCUT2D eigenvalue weighted by molar-refractivity contribution is 0.201. The highest BCUT2D eigenvalue weighted by Crippen LogP contribution is 2.26. The number of ether oxygens (including phenoxy) is 1. The maximum Gasteiger partial charge on any atom is 0.134 e. The molecule has 0 amide bonds. The van der Waals surface area contributed by atoms with Crippen LogP contribution in [0.3, 0.4) is 0 Å². The molecule has 2 heterocycles. The van der Waals surface area contributed by atoms with Crippen molar-refractivity contribution in [2.45, 2.75) is 25.4 Å². The van der Waals surface area contributed by atoms with Crippen LogP contribution in [0.2, 0.25) is 0 Å². The standard InChI is InChI=1S/C11H18N2OS.ClH/c1-14-10-4-6-15-11(10)8-13-5-2-3-9(12)7-13;/h4,6,9H,2-3,5,7-8,12H2,1H3;1H/t9-;/m1./s1. The summed E-state index contributed by atoms with van der Waals surface area (Å²) in [7, 11) is 1.73. The molecule has 0 saturated carbocycles. The van der Waals surface area contributed by atoms with E-state index in [1.165, 1.54) is 11.3 Å². The molecule has 92 valence electrons. The first kappa shape index (κ1) is 13.8. The SMILES string of the molecule is COc1ccsc1CN1CCC[C@@H](N)C1.Cl. The fourth-order valence-electron chi connectivity index (χ4n) is 2.06. The lowest BCUT2D eigenvalue weighted by atomic mass is 10.1. The van der Waals surface area contributed by atoms with Crippen LogP contribution in [0.25, 0.3) is 0 Å². The van der Waals surface area contributed by atoms with Gasteiger partial charge < -0.3 is 10.5 Å². The van der Waals surface area contributed by atoms with Crippen molar-refractivity contribution in [1.82, 2.24) is 4.90 Å². The molecule has 1 aromatic rings. The molecule has 0 aliphatic carbocycles. The maximum atomic E-state index is 5.96. The van der Waals surface area contributed by atoms with Gasteiger partial charge in [-0.1, -0.05) is 0 Å². The van der Waals surface area contributed by atoms with Crippen LogP contribution in [0.4, 0.5) is 0 Å². The first-order valence-corrected chi connectivity index (χ1v) is 6.26. The Morgan fingerprint density at radius 2 is 2.44 bits per heavy atom. The predicted octanol–water partition coefficient (Wildman–Crippen LogP) is 2.10. The fraction of sp³-hybridized carbons (Fsp3) is 0.636. The average molecular weight is 263 g/mol. The largest absolute Gasteiger partial charge is 0.496 e. The Balaban J connectivity index is 0.00000128.